The van der Waals surface area contributed by atoms with E-state index >= 15 is 0 Å². The molecule has 2 amide bonds. The third-order valence-corrected chi connectivity index (χ3v) is 5.28. The molecule has 0 aliphatic carbocycles. The van der Waals surface area contributed by atoms with E-state index in [0.717, 1.165) is 17.5 Å². The lowest BCUT2D eigenvalue weighted by molar-refractivity contribution is 0.185. The first-order valence-corrected chi connectivity index (χ1v) is 10.00. The number of benzene rings is 2. The van der Waals surface area contributed by atoms with Gasteiger partial charge < -0.3 is 15.0 Å². The van der Waals surface area contributed by atoms with Crippen LogP contribution in [0.5, 0.6) is 5.75 Å². The highest BCUT2D eigenvalue weighted by molar-refractivity contribution is 6.31. The van der Waals surface area contributed by atoms with Crippen molar-refractivity contribution in [2.75, 3.05) is 13.1 Å². The zero-order valence-corrected chi connectivity index (χ0v) is 16.6. The van der Waals surface area contributed by atoms with Crippen LogP contribution in [0.3, 0.4) is 0 Å². The Kier molecular flexibility index (Phi) is 5.96. The number of carbonyl (C=O) groups excluding carboxylic acids is 1. The maximum atomic E-state index is 13.0. The normalized spacial score (nSPS) is 16.1. The van der Waals surface area contributed by atoms with Crippen LogP contribution in [0.4, 0.5) is 4.79 Å². The summed E-state index contributed by atoms with van der Waals surface area (Å²) in [4.78, 5) is 18.7. The summed E-state index contributed by atoms with van der Waals surface area (Å²) >= 11 is 6.13. The number of ether oxygens (including phenoxy) is 1. The van der Waals surface area contributed by atoms with E-state index in [-0.39, 0.29) is 18.2 Å². The van der Waals surface area contributed by atoms with Crippen molar-refractivity contribution < 1.29 is 9.53 Å². The summed E-state index contributed by atoms with van der Waals surface area (Å²) in [6, 6.07) is 21.4. The number of urea groups is 1. The summed E-state index contributed by atoms with van der Waals surface area (Å²) in [7, 11) is 0. The van der Waals surface area contributed by atoms with E-state index in [0.29, 0.717) is 23.9 Å². The summed E-state index contributed by atoms with van der Waals surface area (Å²) in [5.41, 5.74) is 2.09. The number of halogens is 1. The predicted molar refractivity (Wildman–Crippen MR) is 113 cm³/mol. The Morgan fingerprint density at radius 1 is 1.07 bits per heavy atom. The molecule has 3 aromatic rings. The lowest BCUT2D eigenvalue weighted by atomic mass is 9.99. The Morgan fingerprint density at radius 2 is 1.72 bits per heavy atom. The van der Waals surface area contributed by atoms with Gasteiger partial charge in [-0.05, 0) is 11.1 Å². The van der Waals surface area contributed by atoms with Gasteiger partial charge in [0.2, 0.25) is 0 Å². The topological polar surface area (TPSA) is 54.5 Å². The van der Waals surface area contributed by atoms with Crippen LogP contribution in [-0.2, 0) is 0 Å². The Bertz CT molecular complexity index is 913. The van der Waals surface area contributed by atoms with E-state index in [2.05, 4.69) is 10.3 Å². The molecule has 2 heterocycles. The number of hydrogen-bond acceptors (Lipinski definition) is 3. The van der Waals surface area contributed by atoms with Gasteiger partial charge in [-0.2, -0.15) is 0 Å². The summed E-state index contributed by atoms with van der Waals surface area (Å²) in [6.45, 7) is 1.15. The number of hydrogen-bond donors (Lipinski definition) is 1. The highest BCUT2D eigenvalue weighted by Gasteiger charge is 2.29. The maximum absolute atomic E-state index is 13.0. The van der Waals surface area contributed by atoms with Crippen molar-refractivity contribution in [3.8, 4) is 5.75 Å². The average molecular weight is 408 g/mol. The van der Waals surface area contributed by atoms with E-state index in [1.165, 1.54) is 0 Å². The van der Waals surface area contributed by atoms with Crippen molar-refractivity contribution in [2.45, 2.75) is 18.6 Å². The molecule has 1 saturated heterocycles. The summed E-state index contributed by atoms with van der Waals surface area (Å²) in [6.07, 6.45) is 3.87. The van der Waals surface area contributed by atoms with Crippen molar-refractivity contribution in [2.24, 2.45) is 0 Å². The Balaban J connectivity index is 1.44. The zero-order chi connectivity index (χ0) is 20.1. The van der Waals surface area contributed by atoms with Crippen LogP contribution >= 0.6 is 11.6 Å². The maximum Gasteiger partial charge on any atom is 0.318 e. The van der Waals surface area contributed by atoms with E-state index in [9.17, 15) is 4.79 Å². The smallest absolute Gasteiger partial charge is 0.318 e. The molecule has 1 fully saturated rings. The van der Waals surface area contributed by atoms with Gasteiger partial charge in [0, 0.05) is 31.4 Å². The van der Waals surface area contributed by atoms with Crippen LogP contribution in [0, 0.1) is 0 Å². The first-order valence-electron chi connectivity index (χ1n) is 9.62. The van der Waals surface area contributed by atoms with Gasteiger partial charge in [-0.25, -0.2) is 4.79 Å². The summed E-state index contributed by atoms with van der Waals surface area (Å²) in [5, 5.41) is 3.66. The van der Waals surface area contributed by atoms with Crippen LogP contribution < -0.4 is 10.1 Å². The molecule has 29 heavy (non-hydrogen) atoms. The first-order chi connectivity index (χ1) is 14.2. The second-order valence-corrected chi connectivity index (χ2v) is 7.39. The van der Waals surface area contributed by atoms with Crippen molar-refractivity contribution in [1.29, 1.82) is 0 Å². The molecule has 1 atom stereocenters. The minimum absolute atomic E-state index is 0.0902. The molecule has 1 aliphatic heterocycles. The third kappa shape index (κ3) is 4.69. The molecule has 0 radical (unpaired) electrons. The van der Waals surface area contributed by atoms with Gasteiger partial charge in [-0.15, -0.1) is 0 Å². The van der Waals surface area contributed by atoms with E-state index < -0.39 is 0 Å². The standard InChI is InChI=1S/C23H22ClN3O2/c24-20-15-25-13-11-21(20)29-19-12-14-27(16-19)23(28)26-22(17-7-3-1-4-8-17)18-9-5-2-6-10-18/h1-11,13,15,19,22H,12,14,16H2,(H,26,28). The van der Waals surface area contributed by atoms with Gasteiger partial charge in [0.25, 0.3) is 0 Å². The van der Waals surface area contributed by atoms with Crippen LogP contribution in [-0.4, -0.2) is 35.1 Å². The number of aromatic nitrogens is 1. The van der Waals surface area contributed by atoms with Crippen LogP contribution in [0.25, 0.3) is 0 Å². The molecule has 4 rings (SSSR count). The highest BCUT2D eigenvalue weighted by Crippen LogP contribution is 2.26. The highest BCUT2D eigenvalue weighted by atomic mass is 35.5. The van der Waals surface area contributed by atoms with Crippen molar-refractivity contribution in [3.63, 3.8) is 0 Å². The molecule has 0 saturated carbocycles. The van der Waals surface area contributed by atoms with Gasteiger partial charge in [-0.3, -0.25) is 4.98 Å². The Hall–Kier alpha value is -3.05. The van der Waals surface area contributed by atoms with Gasteiger partial charge in [0.15, 0.2) is 0 Å². The first kappa shape index (κ1) is 19.3. The summed E-state index contributed by atoms with van der Waals surface area (Å²) < 4.78 is 5.97. The van der Waals surface area contributed by atoms with Crippen LogP contribution in [0.2, 0.25) is 5.02 Å². The summed E-state index contributed by atoms with van der Waals surface area (Å²) in [5.74, 6) is 0.598. The molecule has 2 aromatic carbocycles. The SMILES string of the molecule is O=C(NC(c1ccccc1)c1ccccc1)N1CCC(Oc2ccncc2Cl)C1. The lowest BCUT2D eigenvalue weighted by Gasteiger charge is -2.24. The number of pyridine rings is 1. The van der Waals surface area contributed by atoms with E-state index in [4.69, 9.17) is 16.3 Å². The fraction of sp³-hybridized carbons (Fsp3) is 0.217. The average Bonchev–Trinajstić information content (AvgIpc) is 3.23. The minimum atomic E-state index is -0.209. The van der Waals surface area contributed by atoms with Crippen molar-refractivity contribution in [1.82, 2.24) is 15.2 Å². The molecule has 148 valence electrons. The molecule has 5 nitrogen and oxygen atoms in total. The monoisotopic (exact) mass is 407 g/mol. The quantitative estimate of drug-likeness (QED) is 0.667. The van der Waals surface area contributed by atoms with Crippen LogP contribution in [0.1, 0.15) is 23.6 Å². The fourth-order valence-corrected chi connectivity index (χ4v) is 3.68. The zero-order valence-electron chi connectivity index (χ0n) is 15.9. The Labute approximate surface area is 175 Å². The number of rotatable bonds is 5. The molecule has 0 spiro atoms. The van der Waals surface area contributed by atoms with E-state index in [1.54, 1.807) is 23.4 Å². The minimum Gasteiger partial charge on any atom is -0.487 e. The second kappa shape index (κ2) is 8.97. The van der Waals surface area contributed by atoms with E-state index in [1.807, 2.05) is 60.7 Å². The van der Waals surface area contributed by atoms with Crippen molar-refractivity contribution >= 4 is 17.6 Å². The molecular weight excluding hydrogens is 386 g/mol. The van der Waals surface area contributed by atoms with Gasteiger partial charge in [0.05, 0.1) is 12.6 Å². The molecule has 1 aromatic heterocycles. The molecule has 0 bridgehead atoms. The largest absolute Gasteiger partial charge is 0.487 e. The molecule has 1 aliphatic rings. The van der Waals surface area contributed by atoms with Crippen molar-refractivity contribution in [3.05, 3.63) is 95.3 Å². The fourth-order valence-electron chi connectivity index (χ4n) is 3.51. The number of nitrogens with zero attached hydrogens (tertiary/aromatic N) is 2. The van der Waals surface area contributed by atoms with Gasteiger partial charge in [0.1, 0.15) is 16.9 Å². The molecule has 6 heteroatoms. The number of nitrogens with one attached hydrogen (secondary N) is 1. The van der Waals surface area contributed by atoms with Crippen LogP contribution in [0.15, 0.2) is 79.1 Å². The molecule has 1 N–H and O–H groups in total. The number of amides is 2. The number of carbonyl (C=O) groups is 1. The second-order valence-electron chi connectivity index (χ2n) is 6.98. The third-order valence-electron chi connectivity index (χ3n) is 4.99. The predicted octanol–water partition coefficient (Wildman–Crippen LogP) is 4.69. The molecule has 1 unspecified atom stereocenters. The lowest BCUT2D eigenvalue weighted by Crippen LogP contribution is -2.41. The Morgan fingerprint density at radius 3 is 2.34 bits per heavy atom. The van der Waals surface area contributed by atoms with Gasteiger partial charge in [-0.1, -0.05) is 72.3 Å². The van der Waals surface area contributed by atoms with Gasteiger partial charge >= 0.3 is 6.03 Å². The number of likely N-dealkylation sites (tertiary alicyclic amines) is 1. The molecular formula is C23H22ClN3O2.